The summed E-state index contributed by atoms with van der Waals surface area (Å²) in [5.41, 5.74) is 0.874. The van der Waals surface area contributed by atoms with Crippen LogP contribution in [-0.2, 0) is 4.74 Å². The zero-order valence-corrected chi connectivity index (χ0v) is 11.3. The molecular formula is C14H19FN2O2. The SMILES string of the molecule is COCCN(CCC#N)c1c(F)cccc1C(C)O. The van der Waals surface area contributed by atoms with Gasteiger partial charge >= 0.3 is 0 Å². The minimum atomic E-state index is -0.766. The zero-order chi connectivity index (χ0) is 14.3. The number of nitrogens with zero attached hydrogens (tertiary/aromatic N) is 2. The normalized spacial score (nSPS) is 11.9. The van der Waals surface area contributed by atoms with Crippen LogP contribution < -0.4 is 4.90 Å². The molecule has 1 aromatic carbocycles. The maximum absolute atomic E-state index is 14.0. The Morgan fingerprint density at radius 3 is 2.79 bits per heavy atom. The quantitative estimate of drug-likeness (QED) is 0.822. The van der Waals surface area contributed by atoms with Crippen molar-refractivity contribution in [3.05, 3.63) is 29.6 Å². The Bertz CT molecular complexity index is 444. The van der Waals surface area contributed by atoms with Crippen LogP contribution in [0.1, 0.15) is 25.0 Å². The van der Waals surface area contributed by atoms with Gasteiger partial charge in [0.2, 0.25) is 0 Å². The van der Waals surface area contributed by atoms with Crippen molar-refractivity contribution in [2.75, 3.05) is 31.7 Å². The summed E-state index contributed by atoms with van der Waals surface area (Å²) in [6.45, 7) is 2.90. The average Bonchev–Trinajstić information content (AvgIpc) is 2.39. The summed E-state index contributed by atoms with van der Waals surface area (Å²) >= 11 is 0. The van der Waals surface area contributed by atoms with E-state index in [0.29, 0.717) is 30.9 Å². The third-order valence-electron chi connectivity index (χ3n) is 2.84. The molecule has 0 aromatic heterocycles. The number of para-hydroxylation sites is 1. The molecule has 0 fully saturated rings. The molecule has 5 heteroatoms. The van der Waals surface area contributed by atoms with Crippen molar-refractivity contribution in [1.82, 2.24) is 0 Å². The molecule has 104 valence electrons. The first-order valence-electron chi connectivity index (χ1n) is 6.19. The van der Waals surface area contributed by atoms with Gasteiger partial charge in [0, 0.05) is 25.8 Å². The minimum Gasteiger partial charge on any atom is -0.389 e. The minimum absolute atomic E-state index is 0.289. The zero-order valence-electron chi connectivity index (χ0n) is 11.3. The number of anilines is 1. The summed E-state index contributed by atoms with van der Waals surface area (Å²) < 4.78 is 19.0. The molecule has 0 heterocycles. The first kappa shape index (κ1) is 15.4. The van der Waals surface area contributed by atoms with Gasteiger partial charge in [-0.3, -0.25) is 0 Å². The summed E-state index contributed by atoms with van der Waals surface area (Å²) in [7, 11) is 1.57. The highest BCUT2D eigenvalue weighted by Crippen LogP contribution is 2.29. The molecule has 0 amide bonds. The lowest BCUT2D eigenvalue weighted by molar-refractivity contribution is 0.196. The second-order valence-corrected chi connectivity index (χ2v) is 4.24. The molecule has 0 bridgehead atoms. The van der Waals surface area contributed by atoms with E-state index in [9.17, 15) is 9.50 Å². The summed E-state index contributed by atoms with van der Waals surface area (Å²) in [6.07, 6.45) is -0.477. The highest BCUT2D eigenvalue weighted by molar-refractivity contribution is 5.56. The Balaban J connectivity index is 3.09. The first-order valence-corrected chi connectivity index (χ1v) is 6.19. The third kappa shape index (κ3) is 4.19. The maximum atomic E-state index is 14.0. The number of halogens is 1. The van der Waals surface area contributed by atoms with Gasteiger partial charge in [-0.1, -0.05) is 12.1 Å². The van der Waals surface area contributed by atoms with Crippen molar-refractivity contribution in [1.29, 1.82) is 5.26 Å². The molecule has 0 aliphatic carbocycles. The number of nitriles is 1. The molecule has 1 N–H and O–H groups in total. The van der Waals surface area contributed by atoms with Gasteiger partial charge in [-0.2, -0.15) is 5.26 Å². The van der Waals surface area contributed by atoms with Crippen LogP contribution in [0.5, 0.6) is 0 Å². The van der Waals surface area contributed by atoms with Crippen LogP contribution in [-0.4, -0.2) is 31.9 Å². The standard InChI is InChI=1S/C14H19FN2O2/c1-11(18)12-5-3-6-13(15)14(12)17(8-4-7-16)9-10-19-2/h3,5-6,11,18H,4,8-10H2,1-2H3. The summed E-state index contributed by atoms with van der Waals surface area (Å²) in [5, 5.41) is 18.4. The van der Waals surface area contributed by atoms with E-state index in [2.05, 4.69) is 0 Å². The molecule has 1 atom stereocenters. The van der Waals surface area contributed by atoms with E-state index < -0.39 is 11.9 Å². The number of aliphatic hydroxyl groups excluding tert-OH is 1. The van der Waals surface area contributed by atoms with Crippen molar-refractivity contribution in [2.45, 2.75) is 19.4 Å². The molecule has 0 spiro atoms. The van der Waals surface area contributed by atoms with Crippen LogP contribution in [0.3, 0.4) is 0 Å². The lowest BCUT2D eigenvalue weighted by Gasteiger charge is -2.27. The molecular weight excluding hydrogens is 247 g/mol. The fraction of sp³-hybridized carbons (Fsp3) is 0.500. The molecule has 19 heavy (non-hydrogen) atoms. The summed E-state index contributed by atoms with van der Waals surface area (Å²) in [5.74, 6) is -0.396. The maximum Gasteiger partial charge on any atom is 0.146 e. The van der Waals surface area contributed by atoms with Crippen LogP contribution in [0.4, 0.5) is 10.1 Å². The van der Waals surface area contributed by atoms with Crippen LogP contribution in [0.2, 0.25) is 0 Å². The number of rotatable bonds is 7. The number of hydrogen-bond acceptors (Lipinski definition) is 4. The number of ether oxygens (including phenoxy) is 1. The summed E-state index contributed by atoms with van der Waals surface area (Å²) in [4.78, 5) is 1.74. The van der Waals surface area contributed by atoms with Crippen molar-refractivity contribution in [3.8, 4) is 6.07 Å². The topological polar surface area (TPSA) is 56.5 Å². The van der Waals surface area contributed by atoms with Gasteiger partial charge in [-0.05, 0) is 13.0 Å². The number of benzene rings is 1. The predicted octanol–water partition coefficient (Wildman–Crippen LogP) is 2.25. The summed E-state index contributed by atoms with van der Waals surface area (Å²) in [6, 6.07) is 6.66. The number of methoxy groups -OCH3 is 1. The van der Waals surface area contributed by atoms with E-state index in [1.165, 1.54) is 6.07 Å². The van der Waals surface area contributed by atoms with Crippen molar-refractivity contribution in [3.63, 3.8) is 0 Å². The molecule has 1 unspecified atom stereocenters. The number of hydrogen-bond donors (Lipinski definition) is 1. The molecule has 1 aromatic rings. The van der Waals surface area contributed by atoms with Crippen LogP contribution in [0.15, 0.2) is 18.2 Å². The lowest BCUT2D eigenvalue weighted by atomic mass is 10.1. The molecule has 1 rings (SSSR count). The van der Waals surface area contributed by atoms with E-state index in [1.54, 1.807) is 31.1 Å². The molecule has 0 aliphatic rings. The molecule has 4 nitrogen and oxygen atoms in total. The van der Waals surface area contributed by atoms with E-state index >= 15 is 0 Å². The van der Waals surface area contributed by atoms with Gasteiger partial charge in [-0.25, -0.2) is 4.39 Å². The average molecular weight is 266 g/mol. The van der Waals surface area contributed by atoms with Crippen LogP contribution >= 0.6 is 0 Å². The Morgan fingerprint density at radius 2 is 2.21 bits per heavy atom. The van der Waals surface area contributed by atoms with Crippen LogP contribution in [0.25, 0.3) is 0 Å². The third-order valence-corrected chi connectivity index (χ3v) is 2.84. The van der Waals surface area contributed by atoms with E-state index in [4.69, 9.17) is 10.00 Å². The first-order chi connectivity index (χ1) is 9.11. The van der Waals surface area contributed by atoms with E-state index in [0.717, 1.165) is 0 Å². The van der Waals surface area contributed by atoms with E-state index in [1.807, 2.05) is 6.07 Å². The van der Waals surface area contributed by atoms with Gasteiger partial charge in [0.25, 0.3) is 0 Å². The molecule has 0 saturated heterocycles. The molecule has 0 radical (unpaired) electrons. The smallest absolute Gasteiger partial charge is 0.146 e. The van der Waals surface area contributed by atoms with E-state index in [-0.39, 0.29) is 6.42 Å². The second-order valence-electron chi connectivity index (χ2n) is 4.24. The highest BCUT2D eigenvalue weighted by atomic mass is 19.1. The Kier molecular flexibility index (Phi) is 6.26. The van der Waals surface area contributed by atoms with Gasteiger partial charge in [-0.15, -0.1) is 0 Å². The fourth-order valence-corrected chi connectivity index (χ4v) is 1.92. The van der Waals surface area contributed by atoms with Gasteiger partial charge in [0.05, 0.1) is 30.9 Å². The number of aliphatic hydroxyl groups is 1. The van der Waals surface area contributed by atoms with Crippen LogP contribution in [0, 0.1) is 17.1 Å². The Hall–Kier alpha value is -1.64. The van der Waals surface area contributed by atoms with Gasteiger partial charge in [0.15, 0.2) is 0 Å². The van der Waals surface area contributed by atoms with Gasteiger partial charge in [0.1, 0.15) is 5.82 Å². The highest BCUT2D eigenvalue weighted by Gasteiger charge is 2.18. The predicted molar refractivity (Wildman–Crippen MR) is 71.4 cm³/mol. The van der Waals surface area contributed by atoms with Crippen molar-refractivity contribution in [2.24, 2.45) is 0 Å². The van der Waals surface area contributed by atoms with Crippen molar-refractivity contribution >= 4 is 5.69 Å². The monoisotopic (exact) mass is 266 g/mol. The van der Waals surface area contributed by atoms with Crippen molar-refractivity contribution < 1.29 is 14.2 Å². The molecule has 0 aliphatic heterocycles. The Morgan fingerprint density at radius 1 is 1.47 bits per heavy atom. The fourth-order valence-electron chi connectivity index (χ4n) is 1.92. The largest absolute Gasteiger partial charge is 0.389 e. The Labute approximate surface area is 113 Å². The lowest BCUT2D eigenvalue weighted by Crippen LogP contribution is -2.30. The molecule has 0 saturated carbocycles. The van der Waals surface area contributed by atoms with Gasteiger partial charge < -0.3 is 14.7 Å². The second kappa shape index (κ2) is 7.72.